The highest BCUT2D eigenvalue weighted by Gasteiger charge is 2.42. The smallest absolute Gasteiger partial charge is 0.318 e. The Morgan fingerprint density at radius 3 is 2.32 bits per heavy atom. The molecule has 0 amide bonds. The highest BCUT2D eigenvalue weighted by Crippen LogP contribution is 2.42. The molecule has 0 aliphatic heterocycles. The molecule has 0 atom stereocenters. The van der Waals surface area contributed by atoms with E-state index in [4.69, 9.17) is 0 Å². The van der Waals surface area contributed by atoms with Crippen molar-refractivity contribution in [2.24, 2.45) is 13.0 Å². The molecule has 0 bridgehead atoms. The quantitative estimate of drug-likeness (QED) is 0.615. The lowest BCUT2D eigenvalue weighted by molar-refractivity contribution is -0.182. The summed E-state index contributed by atoms with van der Waals surface area (Å²) in [5, 5.41) is 0. The molecule has 0 unspecified atom stereocenters. The van der Waals surface area contributed by atoms with Crippen LogP contribution in [0.5, 0.6) is 0 Å². The highest BCUT2D eigenvalue weighted by molar-refractivity contribution is 5.70. The lowest BCUT2D eigenvalue weighted by Crippen LogP contribution is -2.31. The van der Waals surface area contributed by atoms with Gasteiger partial charge in [0.05, 0.1) is 17.9 Å². The Hall–Kier alpha value is -2.71. The van der Waals surface area contributed by atoms with Gasteiger partial charge in [0, 0.05) is 13.0 Å². The first kappa shape index (κ1) is 18.6. The molecule has 148 valence electrons. The van der Waals surface area contributed by atoms with E-state index in [1.165, 1.54) is 35.2 Å². The van der Waals surface area contributed by atoms with Crippen molar-refractivity contribution in [2.45, 2.75) is 37.8 Å². The molecule has 0 N–H and O–H groups in total. The van der Waals surface area contributed by atoms with Crippen LogP contribution in [0.4, 0.5) is 17.6 Å². The van der Waals surface area contributed by atoms with E-state index in [1.807, 2.05) is 0 Å². The monoisotopic (exact) mass is 394 g/mol. The molecule has 3 aromatic rings. The van der Waals surface area contributed by atoms with Crippen molar-refractivity contribution < 1.29 is 17.6 Å². The Bertz CT molecular complexity index is 1060. The number of halogens is 4. The number of hydrogen-bond donors (Lipinski definition) is 0. The predicted molar refractivity (Wildman–Crippen MR) is 94.8 cm³/mol. The van der Waals surface area contributed by atoms with E-state index in [2.05, 4.69) is 9.97 Å². The van der Waals surface area contributed by atoms with Crippen molar-refractivity contribution in [1.82, 2.24) is 19.1 Å². The minimum absolute atomic E-state index is 0.00310. The van der Waals surface area contributed by atoms with Crippen LogP contribution in [-0.2, 0) is 7.05 Å². The van der Waals surface area contributed by atoms with Gasteiger partial charge in [0.2, 0.25) is 0 Å². The molecule has 1 aliphatic rings. The summed E-state index contributed by atoms with van der Waals surface area (Å²) in [6.45, 7) is 0. The first-order valence-electron chi connectivity index (χ1n) is 9.02. The van der Waals surface area contributed by atoms with Gasteiger partial charge in [-0.15, -0.1) is 0 Å². The number of alkyl halides is 3. The summed E-state index contributed by atoms with van der Waals surface area (Å²) in [6.07, 6.45) is -2.19. The highest BCUT2D eigenvalue weighted by atomic mass is 19.4. The minimum atomic E-state index is -4.21. The summed E-state index contributed by atoms with van der Waals surface area (Å²) in [4.78, 5) is 21.8. The zero-order chi connectivity index (χ0) is 20.1. The van der Waals surface area contributed by atoms with Crippen LogP contribution in [0.1, 0.15) is 37.4 Å². The fourth-order valence-corrected chi connectivity index (χ4v) is 3.87. The Labute approximate surface area is 157 Å². The molecule has 28 heavy (non-hydrogen) atoms. The zero-order valence-corrected chi connectivity index (χ0v) is 15.1. The average molecular weight is 394 g/mol. The summed E-state index contributed by atoms with van der Waals surface area (Å²) in [5.41, 5.74) is 0.556. The third kappa shape index (κ3) is 3.18. The molecular formula is C19H18F4N4O. The fourth-order valence-electron chi connectivity index (χ4n) is 3.87. The summed E-state index contributed by atoms with van der Waals surface area (Å²) in [7, 11) is 1.70. The number of aryl methyl sites for hydroxylation is 1. The Kier molecular flexibility index (Phi) is 4.47. The van der Waals surface area contributed by atoms with E-state index in [0.29, 0.717) is 17.2 Å². The molecular weight excluding hydrogens is 376 g/mol. The molecule has 0 saturated heterocycles. The molecule has 2 aromatic heterocycles. The largest absolute Gasteiger partial charge is 0.391 e. The maximum absolute atomic E-state index is 13.3. The summed E-state index contributed by atoms with van der Waals surface area (Å²) in [6, 6.07) is 5.37. The van der Waals surface area contributed by atoms with E-state index in [-0.39, 0.29) is 37.1 Å². The van der Waals surface area contributed by atoms with Gasteiger partial charge in [0.25, 0.3) is 5.56 Å². The van der Waals surface area contributed by atoms with Crippen molar-refractivity contribution in [3.05, 3.63) is 52.6 Å². The Morgan fingerprint density at radius 1 is 1.07 bits per heavy atom. The first-order chi connectivity index (χ1) is 13.3. The fraction of sp³-hybridized carbons (Fsp3) is 0.421. The summed E-state index contributed by atoms with van der Waals surface area (Å²) < 4.78 is 55.4. The van der Waals surface area contributed by atoms with Gasteiger partial charge in [-0.1, -0.05) is 0 Å². The maximum atomic E-state index is 13.3. The van der Waals surface area contributed by atoms with Gasteiger partial charge in [0.1, 0.15) is 11.6 Å². The lowest BCUT2D eigenvalue weighted by Gasteiger charge is -2.30. The lowest BCUT2D eigenvalue weighted by atomic mass is 9.81. The van der Waals surface area contributed by atoms with Gasteiger partial charge >= 0.3 is 6.18 Å². The summed E-state index contributed by atoms with van der Waals surface area (Å²) >= 11 is 0. The normalized spacial score (nSPS) is 20.6. The number of aromatic nitrogens is 4. The van der Waals surface area contributed by atoms with E-state index in [0.717, 1.165) is 0 Å². The SMILES string of the molecule is Cn1cnc2c(=O)n(-c3ccc(F)cc3)c(C3CCC(C(F)(F)F)CC3)nc21. The number of imidazole rings is 1. The van der Waals surface area contributed by atoms with Crippen LogP contribution in [-0.4, -0.2) is 25.3 Å². The van der Waals surface area contributed by atoms with Crippen molar-refractivity contribution in [2.75, 3.05) is 0 Å². The van der Waals surface area contributed by atoms with Gasteiger partial charge < -0.3 is 4.57 Å². The van der Waals surface area contributed by atoms with Gasteiger partial charge in [-0.2, -0.15) is 13.2 Å². The van der Waals surface area contributed by atoms with Crippen LogP contribution in [0.25, 0.3) is 16.9 Å². The molecule has 4 rings (SSSR count). The zero-order valence-electron chi connectivity index (χ0n) is 15.1. The second-order valence-corrected chi connectivity index (χ2v) is 7.20. The molecule has 1 fully saturated rings. The second kappa shape index (κ2) is 6.72. The van der Waals surface area contributed by atoms with Crippen molar-refractivity contribution >= 4 is 11.2 Å². The molecule has 1 saturated carbocycles. The van der Waals surface area contributed by atoms with Gasteiger partial charge in [-0.25, -0.2) is 14.4 Å². The van der Waals surface area contributed by atoms with Crippen molar-refractivity contribution in [3.8, 4) is 5.69 Å². The van der Waals surface area contributed by atoms with Crippen LogP contribution in [0.15, 0.2) is 35.4 Å². The molecule has 2 heterocycles. The molecule has 5 nitrogen and oxygen atoms in total. The van der Waals surface area contributed by atoms with E-state index in [1.54, 1.807) is 11.6 Å². The standard InChI is InChI=1S/C19H18F4N4O/c1-26-10-24-15-17(26)25-16(11-2-4-12(5-3-11)19(21,22)23)27(18(15)28)14-8-6-13(20)7-9-14/h6-12H,2-5H2,1H3. The second-order valence-electron chi connectivity index (χ2n) is 7.20. The Morgan fingerprint density at radius 2 is 1.71 bits per heavy atom. The predicted octanol–water partition coefficient (Wildman–Crippen LogP) is 4.09. The van der Waals surface area contributed by atoms with Gasteiger partial charge in [-0.3, -0.25) is 9.36 Å². The van der Waals surface area contributed by atoms with Crippen LogP contribution in [0, 0.1) is 11.7 Å². The van der Waals surface area contributed by atoms with Crippen molar-refractivity contribution in [1.29, 1.82) is 0 Å². The topological polar surface area (TPSA) is 52.7 Å². The molecule has 1 aromatic carbocycles. The molecule has 0 radical (unpaired) electrons. The number of benzene rings is 1. The van der Waals surface area contributed by atoms with Crippen molar-refractivity contribution in [3.63, 3.8) is 0 Å². The van der Waals surface area contributed by atoms with Crippen LogP contribution < -0.4 is 5.56 Å². The summed E-state index contributed by atoms with van der Waals surface area (Å²) in [5.74, 6) is -1.67. The molecule has 1 aliphatic carbocycles. The van der Waals surface area contributed by atoms with Crippen LogP contribution in [0.2, 0.25) is 0 Å². The van der Waals surface area contributed by atoms with Crippen LogP contribution in [0.3, 0.4) is 0 Å². The molecule has 0 spiro atoms. The van der Waals surface area contributed by atoms with Crippen LogP contribution >= 0.6 is 0 Å². The van der Waals surface area contributed by atoms with E-state index >= 15 is 0 Å². The number of fused-ring (bicyclic) bond motifs is 1. The van der Waals surface area contributed by atoms with Gasteiger partial charge in [0.15, 0.2) is 11.2 Å². The maximum Gasteiger partial charge on any atom is 0.391 e. The number of rotatable bonds is 2. The van der Waals surface area contributed by atoms with Gasteiger partial charge in [-0.05, 0) is 49.9 Å². The third-order valence-corrected chi connectivity index (χ3v) is 5.40. The average Bonchev–Trinajstić information content (AvgIpc) is 3.03. The Balaban J connectivity index is 1.83. The third-order valence-electron chi connectivity index (χ3n) is 5.40. The van der Waals surface area contributed by atoms with E-state index < -0.39 is 23.5 Å². The number of nitrogens with zero attached hydrogens (tertiary/aromatic N) is 4. The number of hydrogen-bond acceptors (Lipinski definition) is 3. The minimum Gasteiger partial charge on any atom is -0.318 e. The van der Waals surface area contributed by atoms with E-state index in [9.17, 15) is 22.4 Å². The molecule has 9 heteroatoms. The first-order valence-corrected chi connectivity index (χ1v) is 9.02.